The number of fused-ring (bicyclic) bond motifs is 1. The summed E-state index contributed by atoms with van der Waals surface area (Å²) in [4.78, 5) is 22.9. The van der Waals surface area contributed by atoms with Crippen LogP contribution in [0.25, 0.3) is 22.1 Å². The summed E-state index contributed by atoms with van der Waals surface area (Å²) in [5.74, 6) is -0.287. The Kier molecular flexibility index (Phi) is 2.91. The lowest BCUT2D eigenvalue weighted by Crippen LogP contribution is -2.04. The maximum Gasteiger partial charge on any atom is 0.204 e. The first-order valence-corrected chi connectivity index (χ1v) is 6.01. The number of phenols is 2. The van der Waals surface area contributed by atoms with Gasteiger partial charge in [0.1, 0.15) is 34.4 Å². The Labute approximate surface area is 117 Å². The van der Waals surface area contributed by atoms with Crippen LogP contribution in [0.4, 0.5) is 5.69 Å². The molecule has 0 spiro atoms. The lowest BCUT2D eigenvalue weighted by Gasteiger charge is -2.04. The predicted molar refractivity (Wildman–Crippen MR) is 76.7 cm³/mol. The summed E-state index contributed by atoms with van der Waals surface area (Å²) >= 11 is 0. The molecule has 0 radical (unpaired) electrons. The summed E-state index contributed by atoms with van der Waals surface area (Å²) in [5, 5.41) is 21.8. The largest absolute Gasteiger partial charge is 0.508 e. The highest BCUT2D eigenvalue weighted by Crippen LogP contribution is 2.30. The van der Waals surface area contributed by atoms with E-state index in [2.05, 4.69) is 5.18 Å². The van der Waals surface area contributed by atoms with Crippen molar-refractivity contribution in [2.75, 3.05) is 0 Å². The van der Waals surface area contributed by atoms with Gasteiger partial charge in [-0.2, -0.15) is 0 Å². The molecule has 2 N–H and O–H groups in total. The van der Waals surface area contributed by atoms with Gasteiger partial charge in [0.25, 0.3) is 0 Å². The van der Waals surface area contributed by atoms with Gasteiger partial charge in [0.2, 0.25) is 5.43 Å². The third-order valence-electron chi connectivity index (χ3n) is 3.13. The van der Waals surface area contributed by atoms with Gasteiger partial charge in [0, 0.05) is 12.1 Å². The van der Waals surface area contributed by atoms with E-state index in [0.29, 0.717) is 5.56 Å². The van der Waals surface area contributed by atoms with Gasteiger partial charge in [0.05, 0.1) is 5.56 Å². The lowest BCUT2D eigenvalue weighted by molar-refractivity contribution is 0.475. The molecule has 21 heavy (non-hydrogen) atoms. The number of rotatable bonds is 2. The minimum atomic E-state index is -0.433. The van der Waals surface area contributed by atoms with Gasteiger partial charge in [-0.3, -0.25) is 4.79 Å². The van der Waals surface area contributed by atoms with Crippen LogP contribution in [0.3, 0.4) is 0 Å². The number of hydrogen-bond donors (Lipinski definition) is 2. The van der Waals surface area contributed by atoms with E-state index < -0.39 is 5.43 Å². The highest BCUT2D eigenvalue weighted by atomic mass is 16.3. The first-order valence-electron chi connectivity index (χ1n) is 6.01. The van der Waals surface area contributed by atoms with Crippen molar-refractivity contribution in [3.63, 3.8) is 0 Å². The standard InChI is InChI=1S/C15H9NO5/c17-10-3-1-8(2-4-10)11-7-21-13-6-9(16-20)5-12(18)14(13)15(11)19/h1-7,17-18H. The molecule has 1 heterocycles. The Morgan fingerprint density at radius 1 is 1.05 bits per heavy atom. The minimum absolute atomic E-state index is 0.0204. The van der Waals surface area contributed by atoms with Gasteiger partial charge in [-0.05, 0) is 22.9 Å². The summed E-state index contributed by atoms with van der Waals surface area (Å²) in [5.41, 5.74) is 0.402. The molecule has 6 nitrogen and oxygen atoms in total. The number of nitrogens with zero attached hydrogens (tertiary/aromatic N) is 1. The van der Waals surface area contributed by atoms with Crippen LogP contribution in [0, 0.1) is 4.91 Å². The smallest absolute Gasteiger partial charge is 0.204 e. The van der Waals surface area contributed by atoms with Crippen molar-refractivity contribution >= 4 is 16.7 Å². The quantitative estimate of drug-likeness (QED) is 0.703. The molecule has 104 valence electrons. The molecule has 0 aliphatic carbocycles. The van der Waals surface area contributed by atoms with Crippen molar-refractivity contribution in [1.82, 2.24) is 0 Å². The second kappa shape index (κ2) is 4.75. The van der Waals surface area contributed by atoms with Gasteiger partial charge in [-0.1, -0.05) is 12.1 Å². The van der Waals surface area contributed by atoms with Crippen molar-refractivity contribution in [2.24, 2.45) is 5.18 Å². The van der Waals surface area contributed by atoms with Crippen molar-refractivity contribution < 1.29 is 14.6 Å². The molecule has 0 saturated carbocycles. The molecule has 0 aliphatic rings. The number of phenolic OH excluding ortho intramolecular Hbond substituents is 2. The zero-order valence-corrected chi connectivity index (χ0v) is 10.6. The molecule has 0 saturated heterocycles. The van der Waals surface area contributed by atoms with Crippen LogP contribution < -0.4 is 5.43 Å². The van der Waals surface area contributed by atoms with Crippen molar-refractivity contribution in [2.45, 2.75) is 0 Å². The SMILES string of the molecule is O=Nc1cc(O)c2c(=O)c(-c3ccc(O)cc3)coc2c1. The van der Waals surface area contributed by atoms with E-state index in [-0.39, 0.29) is 33.7 Å². The Morgan fingerprint density at radius 3 is 2.43 bits per heavy atom. The van der Waals surface area contributed by atoms with Gasteiger partial charge in [-0.15, -0.1) is 4.91 Å². The van der Waals surface area contributed by atoms with Crippen LogP contribution in [-0.2, 0) is 0 Å². The summed E-state index contributed by atoms with van der Waals surface area (Å²) in [6.45, 7) is 0. The van der Waals surface area contributed by atoms with Crippen molar-refractivity contribution in [3.05, 3.63) is 57.8 Å². The van der Waals surface area contributed by atoms with Crippen LogP contribution in [0.15, 0.2) is 57.0 Å². The Bertz CT molecular complexity index is 896. The summed E-state index contributed by atoms with van der Waals surface area (Å²) in [6, 6.07) is 8.39. The molecule has 3 rings (SSSR count). The molecule has 6 heteroatoms. The van der Waals surface area contributed by atoms with Crippen LogP contribution in [0.1, 0.15) is 0 Å². The molecular weight excluding hydrogens is 274 g/mol. The fraction of sp³-hybridized carbons (Fsp3) is 0. The third kappa shape index (κ3) is 2.12. The van der Waals surface area contributed by atoms with E-state index >= 15 is 0 Å². The highest BCUT2D eigenvalue weighted by molar-refractivity contribution is 5.89. The van der Waals surface area contributed by atoms with Crippen LogP contribution >= 0.6 is 0 Å². The first kappa shape index (κ1) is 12.9. The monoisotopic (exact) mass is 283 g/mol. The van der Waals surface area contributed by atoms with E-state index in [1.807, 2.05) is 0 Å². The second-order valence-corrected chi connectivity index (χ2v) is 4.45. The van der Waals surface area contributed by atoms with E-state index in [1.165, 1.54) is 24.5 Å². The highest BCUT2D eigenvalue weighted by Gasteiger charge is 2.14. The van der Waals surface area contributed by atoms with Crippen LogP contribution in [0.5, 0.6) is 11.5 Å². The molecule has 0 unspecified atom stereocenters. The van der Waals surface area contributed by atoms with Gasteiger partial charge in [0.15, 0.2) is 0 Å². The summed E-state index contributed by atoms with van der Waals surface area (Å²) in [6.07, 6.45) is 1.24. The fourth-order valence-electron chi connectivity index (χ4n) is 2.11. The zero-order chi connectivity index (χ0) is 15.0. The number of hydrogen-bond acceptors (Lipinski definition) is 6. The predicted octanol–water partition coefficient (Wildman–Crippen LogP) is 3.27. The molecule has 0 aliphatic heterocycles. The normalized spacial score (nSPS) is 10.7. The van der Waals surface area contributed by atoms with E-state index in [9.17, 15) is 19.9 Å². The summed E-state index contributed by atoms with van der Waals surface area (Å²) in [7, 11) is 0. The summed E-state index contributed by atoms with van der Waals surface area (Å²) < 4.78 is 5.31. The fourth-order valence-corrected chi connectivity index (χ4v) is 2.11. The van der Waals surface area contributed by atoms with Crippen LogP contribution in [-0.4, -0.2) is 10.2 Å². The zero-order valence-electron chi connectivity index (χ0n) is 10.6. The van der Waals surface area contributed by atoms with E-state index in [4.69, 9.17) is 4.42 Å². The average Bonchev–Trinajstić information content (AvgIpc) is 2.48. The van der Waals surface area contributed by atoms with Crippen molar-refractivity contribution in [3.8, 4) is 22.6 Å². The second-order valence-electron chi connectivity index (χ2n) is 4.45. The average molecular weight is 283 g/mol. The Morgan fingerprint density at radius 2 is 1.76 bits per heavy atom. The molecule has 0 amide bonds. The molecule has 0 fully saturated rings. The molecule has 0 atom stereocenters. The van der Waals surface area contributed by atoms with Gasteiger partial charge < -0.3 is 14.6 Å². The first-order chi connectivity index (χ1) is 10.1. The molecular formula is C15H9NO5. The molecule has 1 aromatic heterocycles. The number of nitroso groups, excluding NO2 is 1. The number of benzene rings is 2. The molecule has 0 bridgehead atoms. The Hall–Kier alpha value is -3.15. The third-order valence-corrected chi connectivity index (χ3v) is 3.13. The van der Waals surface area contributed by atoms with E-state index in [0.717, 1.165) is 6.07 Å². The van der Waals surface area contributed by atoms with Gasteiger partial charge >= 0.3 is 0 Å². The lowest BCUT2D eigenvalue weighted by atomic mass is 10.0. The van der Waals surface area contributed by atoms with E-state index in [1.54, 1.807) is 12.1 Å². The molecule has 2 aromatic carbocycles. The van der Waals surface area contributed by atoms with Gasteiger partial charge in [-0.25, -0.2) is 0 Å². The Balaban J connectivity index is 2.30. The minimum Gasteiger partial charge on any atom is -0.508 e. The maximum absolute atomic E-state index is 12.4. The number of aromatic hydroxyl groups is 2. The molecule has 3 aromatic rings. The van der Waals surface area contributed by atoms with Crippen molar-refractivity contribution in [1.29, 1.82) is 0 Å². The maximum atomic E-state index is 12.4. The van der Waals surface area contributed by atoms with Crippen LogP contribution in [0.2, 0.25) is 0 Å². The topological polar surface area (TPSA) is 100 Å².